The third-order valence-corrected chi connectivity index (χ3v) is 3.59. The fraction of sp³-hybridized carbons (Fsp3) is 0.467. The minimum atomic E-state index is -0.543. The number of benzene rings is 1. The number of carbonyl (C=O) groups is 2. The molecule has 1 saturated heterocycles. The van der Waals surface area contributed by atoms with Crippen molar-refractivity contribution in [1.29, 1.82) is 0 Å². The van der Waals surface area contributed by atoms with Gasteiger partial charge in [0.2, 0.25) is 5.91 Å². The fourth-order valence-corrected chi connectivity index (χ4v) is 2.43. The van der Waals surface area contributed by atoms with Gasteiger partial charge in [-0.2, -0.15) is 0 Å². The van der Waals surface area contributed by atoms with Gasteiger partial charge in [0.15, 0.2) is 0 Å². The van der Waals surface area contributed by atoms with Crippen molar-refractivity contribution in [2.75, 3.05) is 26.2 Å². The van der Waals surface area contributed by atoms with Gasteiger partial charge in [0.1, 0.15) is 5.82 Å². The SMILES string of the molecule is C[C@H](N)C(=O)N1CCCN(C(=O)c2ccccc2F)CC1.Cl. The van der Waals surface area contributed by atoms with Gasteiger partial charge in [-0.3, -0.25) is 9.59 Å². The first-order chi connectivity index (χ1) is 10.0. The maximum absolute atomic E-state index is 13.7. The maximum atomic E-state index is 13.7. The summed E-state index contributed by atoms with van der Waals surface area (Å²) in [5.41, 5.74) is 5.68. The molecule has 22 heavy (non-hydrogen) atoms. The van der Waals surface area contributed by atoms with E-state index in [-0.39, 0.29) is 29.8 Å². The molecular formula is C15H21ClFN3O2. The van der Waals surface area contributed by atoms with Crippen molar-refractivity contribution in [2.45, 2.75) is 19.4 Å². The predicted molar refractivity (Wildman–Crippen MR) is 84.4 cm³/mol. The predicted octanol–water partition coefficient (Wildman–Crippen LogP) is 1.27. The van der Waals surface area contributed by atoms with Gasteiger partial charge in [-0.1, -0.05) is 12.1 Å². The Labute approximate surface area is 135 Å². The molecule has 1 aliphatic heterocycles. The molecule has 1 heterocycles. The van der Waals surface area contributed by atoms with Crippen LogP contribution in [-0.2, 0) is 4.79 Å². The van der Waals surface area contributed by atoms with E-state index in [2.05, 4.69) is 0 Å². The largest absolute Gasteiger partial charge is 0.340 e. The van der Waals surface area contributed by atoms with Gasteiger partial charge in [-0.15, -0.1) is 12.4 Å². The Balaban J connectivity index is 0.00000242. The first-order valence-corrected chi connectivity index (χ1v) is 7.09. The van der Waals surface area contributed by atoms with Crippen molar-refractivity contribution in [3.8, 4) is 0 Å². The van der Waals surface area contributed by atoms with E-state index in [4.69, 9.17) is 5.73 Å². The van der Waals surface area contributed by atoms with Crippen molar-refractivity contribution in [2.24, 2.45) is 5.73 Å². The highest BCUT2D eigenvalue weighted by Gasteiger charge is 2.25. The minimum absolute atomic E-state index is 0. The monoisotopic (exact) mass is 329 g/mol. The average Bonchev–Trinajstić information content (AvgIpc) is 2.72. The molecule has 0 saturated carbocycles. The zero-order chi connectivity index (χ0) is 15.4. The zero-order valence-electron chi connectivity index (χ0n) is 12.5. The van der Waals surface area contributed by atoms with Crippen LogP contribution in [0.15, 0.2) is 24.3 Å². The van der Waals surface area contributed by atoms with E-state index in [1.54, 1.807) is 28.9 Å². The molecule has 1 aromatic carbocycles. The van der Waals surface area contributed by atoms with Gasteiger partial charge < -0.3 is 15.5 Å². The van der Waals surface area contributed by atoms with Gasteiger partial charge in [-0.25, -0.2) is 4.39 Å². The Kier molecular flexibility index (Phi) is 6.77. The Morgan fingerprint density at radius 2 is 1.73 bits per heavy atom. The fourth-order valence-electron chi connectivity index (χ4n) is 2.43. The van der Waals surface area contributed by atoms with Crippen LogP contribution in [0, 0.1) is 5.82 Å². The first kappa shape index (κ1) is 18.4. The Hall–Kier alpha value is -1.66. The number of nitrogens with two attached hydrogens (primary N) is 1. The van der Waals surface area contributed by atoms with E-state index in [0.717, 1.165) is 0 Å². The molecule has 1 aliphatic rings. The molecule has 2 amide bonds. The first-order valence-electron chi connectivity index (χ1n) is 7.09. The van der Waals surface area contributed by atoms with Gasteiger partial charge >= 0.3 is 0 Å². The van der Waals surface area contributed by atoms with Gasteiger partial charge in [0.05, 0.1) is 11.6 Å². The van der Waals surface area contributed by atoms with Crippen LogP contribution < -0.4 is 5.73 Å². The summed E-state index contributed by atoms with van der Waals surface area (Å²) >= 11 is 0. The van der Waals surface area contributed by atoms with E-state index in [9.17, 15) is 14.0 Å². The Morgan fingerprint density at radius 3 is 2.36 bits per heavy atom. The number of halogens is 2. The second-order valence-electron chi connectivity index (χ2n) is 5.24. The highest BCUT2D eigenvalue weighted by Crippen LogP contribution is 2.13. The number of hydrogen-bond donors (Lipinski definition) is 1. The number of carbonyl (C=O) groups excluding carboxylic acids is 2. The number of rotatable bonds is 2. The van der Waals surface area contributed by atoms with Crippen LogP contribution in [0.1, 0.15) is 23.7 Å². The molecule has 2 rings (SSSR count). The number of nitrogens with zero attached hydrogens (tertiary/aromatic N) is 2. The highest BCUT2D eigenvalue weighted by molar-refractivity contribution is 5.94. The summed E-state index contributed by atoms with van der Waals surface area (Å²) in [6.45, 7) is 3.55. The minimum Gasteiger partial charge on any atom is -0.340 e. The summed E-state index contributed by atoms with van der Waals surface area (Å²) in [4.78, 5) is 27.5. The second kappa shape index (κ2) is 8.10. The molecule has 1 aromatic rings. The van der Waals surface area contributed by atoms with Crippen LogP contribution >= 0.6 is 12.4 Å². The van der Waals surface area contributed by atoms with E-state index in [1.807, 2.05) is 0 Å². The van der Waals surface area contributed by atoms with Crippen LogP contribution in [0.3, 0.4) is 0 Å². The van der Waals surface area contributed by atoms with Crippen LogP contribution in [0.4, 0.5) is 4.39 Å². The van der Waals surface area contributed by atoms with Crippen LogP contribution in [-0.4, -0.2) is 53.8 Å². The molecule has 5 nitrogen and oxygen atoms in total. The van der Waals surface area contributed by atoms with Gasteiger partial charge in [0, 0.05) is 26.2 Å². The molecular weight excluding hydrogens is 309 g/mol. The summed E-state index contributed by atoms with van der Waals surface area (Å²) in [6, 6.07) is 5.40. The molecule has 122 valence electrons. The molecule has 0 aliphatic carbocycles. The zero-order valence-corrected chi connectivity index (χ0v) is 13.3. The second-order valence-corrected chi connectivity index (χ2v) is 5.24. The van der Waals surface area contributed by atoms with Gasteiger partial charge in [-0.05, 0) is 25.5 Å². The summed E-state index contributed by atoms with van der Waals surface area (Å²) in [5, 5.41) is 0. The molecule has 1 atom stereocenters. The third kappa shape index (κ3) is 4.18. The van der Waals surface area contributed by atoms with Crippen LogP contribution in [0.2, 0.25) is 0 Å². The lowest BCUT2D eigenvalue weighted by Gasteiger charge is -2.23. The highest BCUT2D eigenvalue weighted by atomic mass is 35.5. The molecule has 7 heteroatoms. The third-order valence-electron chi connectivity index (χ3n) is 3.59. The lowest BCUT2D eigenvalue weighted by atomic mass is 10.2. The average molecular weight is 330 g/mol. The van der Waals surface area contributed by atoms with E-state index < -0.39 is 11.9 Å². The van der Waals surface area contributed by atoms with E-state index in [1.165, 1.54) is 12.1 Å². The Bertz CT molecular complexity index is 539. The van der Waals surface area contributed by atoms with Crippen molar-refractivity contribution in [1.82, 2.24) is 9.80 Å². The standard InChI is InChI=1S/C15H20FN3O2.ClH/c1-11(17)14(20)18-7-4-8-19(10-9-18)15(21)12-5-2-3-6-13(12)16;/h2-3,5-6,11H,4,7-10,17H2,1H3;1H/t11-;/m0./s1. The molecule has 0 radical (unpaired) electrons. The van der Waals surface area contributed by atoms with Crippen molar-refractivity contribution >= 4 is 24.2 Å². The number of amides is 2. The Morgan fingerprint density at radius 1 is 1.14 bits per heavy atom. The lowest BCUT2D eigenvalue weighted by Crippen LogP contribution is -2.44. The van der Waals surface area contributed by atoms with E-state index in [0.29, 0.717) is 32.6 Å². The molecule has 2 N–H and O–H groups in total. The molecule has 0 unspecified atom stereocenters. The van der Waals surface area contributed by atoms with Crippen molar-refractivity contribution < 1.29 is 14.0 Å². The smallest absolute Gasteiger partial charge is 0.256 e. The number of hydrogen-bond acceptors (Lipinski definition) is 3. The molecule has 1 fully saturated rings. The van der Waals surface area contributed by atoms with Crippen LogP contribution in [0.5, 0.6) is 0 Å². The van der Waals surface area contributed by atoms with Crippen molar-refractivity contribution in [3.05, 3.63) is 35.6 Å². The lowest BCUT2D eigenvalue weighted by molar-refractivity contribution is -0.132. The summed E-state index contributed by atoms with van der Waals surface area (Å²) in [5.74, 6) is -0.964. The normalized spacial score (nSPS) is 16.5. The summed E-state index contributed by atoms with van der Waals surface area (Å²) in [7, 11) is 0. The maximum Gasteiger partial charge on any atom is 0.256 e. The summed E-state index contributed by atoms with van der Waals surface area (Å²) < 4.78 is 13.7. The van der Waals surface area contributed by atoms with Crippen molar-refractivity contribution in [3.63, 3.8) is 0 Å². The topological polar surface area (TPSA) is 66.6 Å². The van der Waals surface area contributed by atoms with Gasteiger partial charge in [0.25, 0.3) is 5.91 Å². The van der Waals surface area contributed by atoms with E-state index >= 15 is 0 Å². The quantitative estimate of drug-likeness (QED) is 0.888. The molecule has 0 aromatic heterocycles. The molecule has 0 bridgehead atoms. The molecule has 0 spiro atoms. The summed E-state index contributed by atoms with van der Waals surface area (Å²) in [6.07, 6.45) is 0.665. The van der Waals surface area contributed by atoms with Crippen LogP contribution in [0.25, 0.3) is 0 Å².